The van der Waals surface area contributed by atoms with Crippen LogP contribution in [0.25, 0.3) is 10.9 Å². The maximum absolute atomic E-state index is 12.3. The standard InChI is InChI=1S/C16H13N3O/c1-11-7-8-15(18-10-11)19-16(20)13-4-2-6-14-12(13)5-3-9-17-14/h2-10H,1H3,(H,18,19,20). The third-order valence-electron chi connectivity index (χ3n) is 3.04. The highest BCUT2D eigenvalue weighted by Gasteiger charge is 2.10. The maximum Gasteiger partial charge on any atom is 0.257 e. The molecule has 1 amide bonds. The third-order valence-corrected chi connectivity index (χ3v) is 3.04. The number of pyridine rings is 2. The van der Waals surface area contributed by atoms with Crippen molar-refractivity contribution in [3.05, 3.63) is 66.0 Å². The largest absolute Gasteiger partial charge is 0.307 e. The molecule has 0 fully saturated rings. The van der Waals surface area contributed by atoms with Crippen LogP contribution in [0.15, 0.2) is 54.9 Å². The molecule has 0 saturated heterocycles. The van der Waals surface area contributed by atoms with E-state index >= 15 is 0 Å². The van der Waals surface area contributed by atoms with Crippen molar-refractivity contribution in [1.82, 2.24) is 9.97 Å². The van der Waals surface area contributed by atoms with Crippen LogP contribution in [-0.4, -0.2) is 15.9 Å². The average molecular weight is 263 g/mol. The van der Waals surface area contributed by atoms with Crippen molar-refractivity contribution in [2.24, 2.45) is 0 Å². The summed E-state index contributed by atoms with van der Waals surface area (Å²) in [6, 6.07) is 12.9. The maximum atomic E-state index is 12.3. The van der Waals surface area contributed by atoms with E-state index in [0.29, 0.717) is 11.4 Å². The van der Waals surface area contributed by atoms with Crippen LogP contribution in [0.5, 0.6) is 0 Å². The lowest BCUT2D eigenvalue weighted by atomic mass is 10.1. The molecule has 4 nitrogen and oxygen atoms in total. The molecule has 0 radical (unpaired) electrons. The van der Waals surface area contributed by atoms with Gasteiger partial charge in [0.1, 0.15) is 5.82 Å². The number of hydrogen-bond donors (Lipinski definition) is 1. The highest BCUT2D eigenvalue weighted by Crippen LogP contribution is 2.17. The third kappa shape index (κ3) is 2.36. The molecule has 4 heteroatoms. The van der Waals surface area contributed by atoms with Crippen LogP contribution in [-0.2, 0) is 0 Å². The Morgan fingerprint density at radius 2 is 1.95 bits per heavy atom. The van der Waals surface area contributed by atoms with Crippen molar-refractivity contribution in [3.63, 3.8) is 0 Å². The number of nitrogens with zero attached hydrogens (tertiary/aromatic N) is 2. The first-order valence-corrected chi connectivity index (χ1v) is 6.32. The van der Waals surface area contributed by atoms with Crippen LogP contribution in [0, 0.1) is 6.92 Å². The van der Waals surface area contributed by atoms with E-state index in [-0.39, 0.29) is 5.91 Å². The first-order valence-electron chi connectivity index (χ1n) is 6.32. The smallest absolute Gasteiger partial charge is 0.257 e. The van der Waals surface area contributed by atoms with Crippen molar-refractivity contribution in [3.8, 4) is 0 Å². The van der Waals surface area contributed by atoms with Gasteiger partial charge >= 0.3 is 0 Å². The van der Waals surface area contributed by atoms with Crippen LogP contribution >= 0.6 is 0 Å². The van der Waals surface area contributed by atoms with Gasteiger partial charge in [-0.25, -0.2) is 4.98 Å². The van der Waals surface area contributed by atoms with E-state index in [1.807, 2.05) is 37.3 Å². The van der Waals surface area contributed by atoms with Gasteiger partial charge in [-0.3, -0.25) is 9.78 Å². The molecule has 3 rings (SSSR count). The van der Waals surface area contributed by atoms with Crippen LogP contribution < -0.4 is 5.32 Å². The van der Waals surface area contributed by atoms with Crippen molar-refractivity contribution < 1.29 is 4.79 Å². The number of fused-ring (bicyclic) bond motifs is 1. The van der Waals surface area contributed by atoms with Gasteiger partial charge in [0.15, 0.2) is 0 Å². The number of benzene rings is 1. The Balaban J connectivity index is 1.94. The van der Waals surface area contributed by atoms with Crippen molar-refractivity contribution in [2.75, 3.05) is 5.32 Å². The minimum atomic E-state index is -0.181. The van der Waals surface area contributed by atoms with Crippen LogP contribution in [0.3, 0.4) is 0 Å². The number of anilines is 1. The fourth-order valence-corrected chi connectivity index (χ4v) is 2.03. The van der Waals surface area contributed by atoms with Crippen LogP contribution in [0.4, 0.5) is 5.82 Å². The average Bonchev–Trinajstić information content (AvgIpc) is 2.49. The zero-order chi connectivity index (χ0) is 13.9. The molecule has 0 bridgehead atoms. The summed E-state index contributed by atoms with van der Waals surface area (Å²) in [6.45, 7) is 1.95. The molecule has 20 heavy (non-hydrogen) atoms. The number of aromatic nitrogens is 2. The second kappa shape index (κ2) is 5.09. The molecule has 0 spiro atoms. The number of aryl methyl sites for hydroxylation is 1. The molecule has 0 atom stereocenters. The zero-order valence-corrected chi connectivity index (χ0v) is 11.0. The highest BCUT2D eigenvalue weighted by atomic mass is 16.1. The summed E-state index contributed by atoms with van der Waals surface area (Å²) in [7, 11) is 0. The fourth-order valence-electron chi connectivity index (χ4n) is 2.03. The summed E-state index contributed by atoms with van der Waals surface area (Å²) in [5.74, 6) is 0.362. The fraction of sp³-hybridized carbons (Fsp3) is 0.0625. The first-order chi connectivity index (χ1) is 9.74. The quantitative estimate of drug-likeness (QED) is 0.772. The van der Waals surface area contributed by atoms with Gasteiger partial charge in [0.05, 0.1) is 5.52 Å². The van der Waals surface area contributed by atoms with E-state index in [2.05, 4.69) is 15.3 Å². The number of hydrogen-bond acceptors (Lipinski definition) is 3. The normalized spacial score (nSPS) is 10.4. The van der Waals surface area contributed by atoms with Gasteiger partial charge in [0.2, 0.25) is 0 Å². The Bertz CT molecular complexity index is 761. The van der Waals surface area contributed by atoms with Crippen LogP contribution in [0.1, 0.15) is 15.9 Å². The molecule has 98 valence electrons. The molecule has 0 saturated carbocycles. The minimum absolute atomic E-state index is 0.181. The summed E-state index contributed by atoms with van der Waals surface area (Å²) in [5.41, 5.74) is 2.45. The van der Waals surface area contributed by atoms with Crippen LogP contribution in [0.2, 0.25) is 0 Å². The Morgan fingerprint density at radius 1 is 1.05 bits per heavy atom. The van der Waals surface area contributed by atoms with E-state index in [9.17, 15) is 4.79 Å². The predicted molar refractivity (Wildman–Crippen MR) is 78.7 cm³/mol. The van der Waals surface area contributed by atoms with E-state index in [1.54, 1.807) is 24.5 Å². The summed E-state index contributed by atoms with van der Waals surface area (Å²) < 4.78 is 0. The zero-order valence-electron chi connectivity index (χ0n) is 11.0. The summed E-state index contributed by atoms with van der Waals surface area (Å²) >= 11 is 0. The van der Waals surface area contributed by atoms with Gasteiger partial charge in [0, 0.05) is 23.3 Å². The molecule has 2 heterocycles. The summed E-state index contributed by atoms with van der Waals surface area (Å²) in [4.78, 5) is 20.8. The Labute approximate surface area is 116 Å². The number of nitrogens with one attached hydrogen (secondary N) is 1. The molecule has 2 aromatic heterocycles. The van der Waals surface area contributed by atoms with Gasteiger partial charge in [-0.1, -0.05) is 18.2 Å². The minimum Gasteiger partial charge on any atom is -0.307 e. The highest BCUT2D eigenvalue weighted by molar-refractivity contribution is 6.12. The van der Waals surface area contributed by atoms with Gasteiger partial charge in [0.25, 0.3) is 5.91 Å². The lowest BCUT2D eigenvalue weighted by Gasteiger charge is -2.07. The Hall–Kier alpha value is -2.75. The van der Waals surface area contributed by atoms with Gasteiger partial charge in [-0.05, 0) is 36.8 Å². The number of rotatable bonds is 2. The van der Waals surface area contributed by atoms with Crippen molar-refractivity contribution in [2.45, 2.75) is 6.92 Å². The van der Waals surface area contributed by atoms with Crippen molar-refractivity contribution >= 4 is 22.6 Å². The molecule has 1 aromatic carbocycles. The Morgan fingerprint density at radius 3 is 2.75 bits per heavy atom. The first kappa shape index (κ1) is 12.3. The second-order valence-corrected chi connectivity index (χ2v) is 4.55. The topological polar surface area (TPSA) is 54.9 Å². The molecule has 1 N–H and O–H groups in total. The van der Waals surface area contributed by atoms with Gasteiger partial charge in [-0.15, -0.1) is 0 Å². The van der Waals surface area contributed by atoms with E-state index in [1.165, 1.54) is 0 Å². The molecule has 0 aliphatic carbocycles. The van der Waals surface area contributed by atoms with Gasteiger partial charge < -0.3 is 5.32 Å². The SMILES string of the molecule is Cc1ccc(NC(=O)c2cccc3ncccc23)nc1. The monoisotopic (exact) mass is 263 g/mol. The van der Waals surface area contributed by atoms with E-state index < -0.39 is 0 Å². The Kier molecular flexibility index (Phi) is 3.13. The molecule has 0 aliphatic rings. The molecule has 0 aliphatic heterocycles. The molecular formula is C16H13N3O. The number of carbonyl (C=O) groups excluding carboxylic acids is 1. The number of amides is 1. The number of carbonyl (C=O) groups is 1. The van der Waals surface area contributed by atoms with E-state index in [4.69, 9.17) is 0 Å². The molecular weight excluding hydrogens is 250 g/mol. The lowest BCUT2D eigenvalue weighted by Crippen LogP contribution is -2.13. The van der Waals surface area contributed by atoms with E-state index in [0.717, 1.165) is 16.5 Å². The van der Waals surface area contributed by atoms with Gasteiger partial charge in [-0.2, -0.15) is 0 Å². The summed E-state index contributed by atoms with van der Waals surface area (Å²) in [6.07, 6.45) is 3.44. The predicted octanol–water partition coefficient (Wildman–Crippen LogP) is 3.19. The molecule has 0 unspecified atom stereocenters. The second-order valence-electron chi connectivity index (χ2n) is 4.55. The summed E-state index contributed by atoms with van der Waals surface area (Å²) in [5, 5.41) is 3.63. The molecule has 3 aromatic rings. The lowest BCUT2D eigenvalue weighted by molar-refractivity contribution is 0.102. The van der Waals surface area contributed by atoms with Crippen molar-refractivity contribution in [1.29, 1.82) is 0 Å².